The minimum absolute atomic E-state index is 0.207. The molecule has 0 atom stereocenters. The molecule has 96 heavy (non-hydrogen) atoms. The molecule has 0 radical (unpaired) electrons. The Balaban J connectivity index is 0.989. The first-order chi connectivity index (χ1) is 47.4. The van der Waals surface area contributed by atoms with Crippen LogP contribution in [0.25, 0.3) is 44.2 Å². The summed E-state index contributed by atoms with van der Waals surface area (Å²) in [6.07, 6.45) is 0. The molecule has 6 heteroatoms. The van der Waals surface area contributed by atoms with Crippen LogP contribution in [0, 0.1) is 0 Å². The first-order valence-electron chi connectivity index (χ1n) is 33.4. The largest absolute Gasteiger partial charge is 0.378 e. The number of fused-ring (bicyclic) bond motifs is 5. The lowest BCUT2D eigenvalue weighted by Crippen LogP contribution is -2.75. The predicted molar refractivity (Wildman–Crippen MR) is 416 cm³/mol. The first kappa shape index (κ1) is 58.3. The fourth-order valence-electron chi connectivity index (χ4n) is 16.0. The number of hydrogen-bond acceptors (Lipinski definition) is 3. The zero-order chi connectivity index (χ0) is 64.2. The van der Waals surface area contributed by atoms with Gasteiger partial charge in [0, 0.05) is 53.9 Å². The van der Waals surface area contributed by atoms with Gasteiger partial charge in [0.15, 0.2) is 16.1 Å². The van der Waals surface area contributed by atoms with E-state index in [0.29, 0.717) is 0 Å². The van der Waals surface area contributed by atoms with Gasteiger partial charge < -0.3 is 14.7 Å². The third kappa shape index (κ3) is 9.70. The Bertz CT molecular complexity index is 5100. The summed E-state index contributed by atoms with van der Waals surface area (Å²) in [5, 5.41) is 13.1. The van der Waals surface area contributed by atoms with Crippen molar-refractivity contribution in [3.8, 4) is 33.4 Å². The number of anilines is 7. The molecule has 2 aliphatic rings. The van der Waals surface area contributed by atoms with Gasteiger partial charge in [-0.05, 0) is 163 Å². The van der Waals surface area contributed by atoms with Gasteiger partial charge in [-0.15, -0.1) is 0 Å². The van der Waals surface area contributed by atoms with Gasteiger partial charge in [-0.25, -0.2) is 0 Å². The molecule has 15 aromatic rings. The van der Waals surface area contributed by atoms with E-state index in [2.05, 4.69) is 405 Å². The molecule has 3 nitrogen and oxygen atoms in total. The number of nitrogens with zero attached hydrogens (tertiary/aromatic N) is 3. The van der Waals surface area contributed by atoms with Crippen LogP contribution in [0.5, 0.6) is 0 Å². The van der Waals surface area contributed by atoms with Gasteiger partial charge in [0.1, 0.15) is 0 Å². The maximum absolute atomic E-state index is 3.07. The number of hydrogen-bond donors (Lipinski definition) is 0. The second-order valence-electron chi connectivity index (χ2n) is 25.7. The molecular formula is C90H68BN3Si2. The Hall–Kier alpha value is -11.5. The van der Waals surface area contributed by atoms with Crippen molar-refractivity contribution in [1.29, 1.82) is 0 Å². The monoisotopic (exact) mass is 1260 g/mol. The van der Waals surface area contributed by atoms with Crippen molar-refractivity contribution in [3.63, 3.8) is 0 Å². The molecule has 0 unspecified atom stereocenters. The van der Waals surface area contributed by atoms with E-state index in [0.717, 1.165) is 45.4 Å². The molecule has 17 rings (SSSR count). The van der Waals surface area contributed by atoms with E-state index < -0.39 is 16.1 Å². The molecule has 0 bridgehead atoms. The van der Waals surface area contributed by atoms with Crippen LogP contribution in [0.1, 0.15) is 0 Å². The summed E-state index contributed by atoms with van der Waals surface area (Å²) in [7, 11) is -1.67. The van der Waals surface area contributed by atoms with Crippen LogP contribution in [0.2, 0.25) is 0 Å². The van der Waals surface area contributed by atoms with Gasteiger partial charge in [-0.3, -0.25) is 0 Å². The quantitative estimate of drug-likeness (QED) is 0.0794. The summed E-state index contributed by atoms with van der Waals surface area (Å²) in [4.78, 5) is 7.46. The molecule has 15 aromatic carbocycles. The van der Waals surface area contributed by atoms with E-state index in [9.17, 15) is 0 Å². The van der Waals surface area contributed by atoms with Crippen molar-refractivity contribution in [1.82, 2.24) is 0 Å². The van der Waals surface area contributed by atoms with E-state index >= 15 is 0 Å². The second kappa shape index (κ2) is 24.4. The van der Waals surface area contributed by atoms with Gasteiger partial charge in [-0.1, -0.05) is 315 Å². The van der Waals surface area contributed by atoms with Crippen molar-refractivity contribution < 1.29 is 0 Å². The van der Waals surface area contributed by atoms with Crippen molar-refractivity contribution in [2.45, 2.75) is 0 Å². The van der Waals surface area contributed by atoms with E-state index in [-0.39, 0.29) is 6.71 Å². The highest BCUT2D eigenvalue weighted by atomic mass is 28.3. The van der Waals surface area contributed by atoms with Gasteiger partial charge in [0.2, 0.25) is 0 Å². The Morgan fingerprint density at radius 1 is 0.260 bits per heavy atom. The number of benzene rings is 15. The lowest BCUT2D eigenvalue weighted by molar-refractivity contribution is 1.14. The summed E-state index contributed by atoms with van der Waals surface area (Å²) in [6.45, 7) is -0.207. The standard InChI is InChI=1S/C90H68BN3Si2/c1-92(2)73-59-69-33-27-28-46-82(69)83(63-73)70-61-88-90-89(62-70)94(72-52-54-80(55-53-72)95(74-34-15-5-16-35-74,75-36-17-6-18-37-75)76-38-19-7-20-39-76)86-57-49-68(66-31-13-4-14-32-66)60-84(86)91(90)85-64-81(56-58-87(85)93(88)71-50-47-67(48-51-71)65-29-11-3-12-30-65)96(77-40-21-8-22-41-77,78-42-23-9-24-43-78)79-44-25-10-26-45-79/h3-64H,1-2H3. The van der Waals surface area contributed by atoms with Gasteiger partial charge in [-0.2, -0.15) is 0 Å². The van der Waals surface area contributed by atoms with E-state index in [4.69, 9.17) is 0 Å². The second-order valence-corrected chi connectivity index (χ2v) is 33.3. The van der Waals surface area contributed by atoms with Crippen molar-refractivity contribution in [3.05, 3.63) is 376 Å². The van der Waals surface area contributed by atoms with Crippen LogP contribution in [0.15, 0.2) is 376 Å². The van der Waals surface area contributed by atoms with Crippen LogP contribution >= 0.6 is 0 Å². The molecule has 2 heterocycles. The van der Waals surface area contributed by atoms with Crippen molar-refractivity contribution in [2.24, 2.45) is 0 Å². The van der Waals surface area contributed by atoms with Crippen LogP contribution in [0.3, 0.4) is 0 Å². The molecule has 0 aliphatic carbocycles. The van der Waals surface area contributed by atoms with E-state index in [1.807, 2.05) is 0 Å². The molecule has 0 saturated heterocycles. The predicted octanol–water partition coefficient (Wildman–Crippen LogP) is 14.7. The van der Waals surface area contributed by atoms with Crippen LogP contribution in [-0.4, -0.2) is 37.0 Å². The number of rotatable bonds is 14. The third-order valence-corrected chi connectivity index (χ3v) is 29.9. The van der Waals surface area contributed by atoms with Crippen LogP contribution < -0.4 is 72.6 Å². The van der Waals surface area contributed by atoms with Crippen molar-refractivity contribution >= 4 is 131 Å². The summed E-state index contributed by atoms with van der Waals surface area (Å²) in [5.41, 5.74) is 18.8. The molecule has 0 spiro atoms. The summed E-state index contributed by atoms with van der Waals surface area (Å²) in [6, 6.07) is 143. The molecule has 0 saturated carbocycles. The topological polar surface area (TPSA) is 9.72 Å². The van der Waals surface area contributed by atoms with Gasteiger partial charge in [0.25, 0.3) is 6.71 Å². The lowest BCUT2D eigenvalue weighted by Gasteiger charge is -2.45. The molecule has 0 N–H and O–H groups in total. The molecule has 0 amide bonds. The van der Waals surface area contributed by atoms with Gasteiger partial charge in [0.05, 0.1) is 0 Å². The Labute approximate surface area is 565 Å². The van der Waals surface area contributed by atoms with E-state index in [1.54, 1.807) is 0 Å². The maximum atomic E-state index is 2.66. The van der Waals surface area contributed by atoms with Crippen LogP contribution in [-0.2, 0) is 0 Å². The smallest absolute Gasteiger partial charge is 0.252 e. The normalized spacial score (nSPS) is 12.4. The average Bonchev–Trinajstić information content (AvgIpc) is 0.694. The fourth-order valence-corrected chi connectivity index (χ4v) is 25.5. The zero-order valence-corrected chi connectivity index (χ0v) is 55.7. The Kier molecular flexibility index (Phi) is 14.8. The molecule has 0 aromatic heterocycles. The molecular weight excluding hydrogens is 1190 g/mol. The third-order valence-electron chi connectivity index (χ3n) is 20.3. The molecule has 454 valence electrons. The Morgan fingerprint density at radius 2 is 0.604 bits per heavy atom. The SMILES string of the molecule is CN(C)c1cc(-c2cc3c4c(c2)N(c2ccc(-c5ccccc5)cc2)c2ccc([Si](c5ccccc5)(c5ccccc5)c5ccccc5)cc2B4c2cc(-c4ccccc4)ccc2N3c2ccc([Si](c3ccccc3)(c3ccccc3)c3ccccc3)cc2)c2ccccc2c1. The first-order valence-corrected chi connectivity index (χ1v) is 37.4. The Morgan fingerprint density at radius 3 is 1.06 bits per heavy atom. The molecule has 2 aliphatic heterocycles. The lowest BCUT2D eigenvalue weighted by atomic mass is 9.33. The minimum atomic E-state index is -3.07. The zero-order valence-electron chi connectivity index (χ0n) is 53.7. The van der Waals surface area contributed by atoms with Crippen molar-refractivity contribution in [2.75, 3.05) is 28.8 Å². The highest BCUT2D eigenvalue weighted by molar-refractivity contribution is 7.20. The highest BCUT2D eigenvalue weighted by Crippen LogP contribution is 2.48. The summed E-state index contributed by atoms with van der Waals surface area (Å²) < 4.78 is 0. The maximum Gasteiger partial charge on any atom is 0.252 e. The van der Waals surface area contributed by atoms with Gasteiger partial charge >= 0.3 is 0 Å². The average molecular weight is 1260 g/mol. The van der Waals surface area contributed by atoms with E-state index in [1.165, 1.54) is 96.5 Å². The fraction of sp³-hybridized carbons (Fsp3) is 0.0222. The summed E-state index contributed by atoms with van der Waals surface area (Å²) in [5.74, 6) is 0. The minimum Gasteiger partial charge on any atom is -0.378 e. The highest BCUT2D eigenvalue weighted by Gasteiger charge is 2.48. The van der Waals surface area contributed by atoms with Crippen LogP contribution in [0.4, 0.5) is 39.8 Å². The molecule has 0 fully saturated rings. The summed E-state index contributed by atoms with van der Waals surface area (Å²) >= 11 is 0.